The van der Waals surface area contributed by atoms with E-state index >= 15 is 0 Å². The van der Waals surface area contributed by atoms with E-state index in [9.17, 15) is 14.4 Å². The van der Waals surface area contributed by atoms with Crippen LogP contribution in [-0.4, -0.2) is 33.5 Å². The monoisotopic (exact) mass is 323 g/mol. The first-order chi connectivity index (χ1) is 10.4. The zero-order valence-corrected chi connectivity index (χ0v) is 13.4. The van der Waals surface area contributed by atoms with Crippen LogP contribution in [0.1, 0.15) is 56.3 Å². The third-order valence-electron chi connectivity index (χ3n) is 3.71. The molecule has 1 amide bonds. The van der Waals surface area contributed by atoms with E-state index in [1.807, 2.05) is 0 Å². The molecule has 1 aromatic rings. The fraction of sp³-hybridized carbons (Fsp3) is 0.533. The summed E-state index contributed by atoms with van der Waals surface area (Å²) in [5, 5.41) is -0.0291. The van der Waals surface area contributed by atoms with Crippen LogP contribution in [0.3, 0.4) is 0 Å². The van der Waals surface area contributed by atoms with Crippen molar-refractivity contribution >= 4 is 34.9 Å². The van der Waals surface area contributed by atoms with Crippen molar-refractivity contribution in [2.75, 3.05) is 4.90 Å². The number of hydrogen-bond donors (Lipinski definition) is 0. The Morgan fingerprint density at radius 1 is 1.27 bits per heavy atom. The summed E-state index contributed by atoms with van der Waals surface area (Å²) in [5.41, 5.74) is 0.244. The van der Waals surface area contributed by atoms with Gasteiger partial charge in [-0.2, -0.15) is 4.98 Å². The maximum Gasteiger partial charge on any atom is 0.235 e. The molecule has 118 valence electrons. The van der Waals surface area contributed by atoms with Crippen LogP contribution in [0.2, 0.25) is 5.28 Å². The van der Waals surface area contributed by atoms with E-state index in [0.717, 1.165) is 25.7 Å². The Balaban J connectivity index is 2.48. The van der Waals surface area contributed by atoms with Crippen molar-refractivity contribution in [3.05, 3.63) is 17.0 Å². The van der Waals surface area contributed by atoms with Gasteiger partial charge in [-0.15, -0.1) is 0 Å². The third kappa shape index (κ3) is 3.68. The molecule has 0 bridgehead atoms. The highest BCUT2D eigenvalue weighted by Crippen LogP contribution is 2.30. The normalized spacial score (nSPS) is 14.9. The highest BCUT2D eigenvalue weighted by Gasteiger charge is 2.32. The average Bonchev–Trinajstić information content (AvgIpc) is 2.91. The molecule has 1 aliphatic carbocycles. The van der Waals surface area contributed by atoms with Gasteiger partial charge < -0.3 is 0 Å². The molecule has 0 aromatic carbocycles. The molecule has 0 radical (unpaired) electrons. The van der Waals surface area contributed by atoms with Crippen molar-refractivity contribution in [3.63, 3.8) is 0 Å². The molecule has 0 atom stereocenters. The highest BCUT2D eigenvalue weighted by molar-refractivity contribution is 6.28. The molecule has 1 fully saturated rings. The minimum atomic E-state index is -0.350. The maximum atomic E-state index is 12.5. The summed E-state index contributed by atoms with van der Waals surface area (Å²) < 4.78 is 0. The lowest BCUT2D eigenvalue weighted by Gasteiger charge is -2.29. The summed E-state index contributed by atoms with van der Waals surface area (Å²) >= 11 is 5.84. The Morgan fingerprint density at radius 3 is 2.45 bits per heavy atom. The second kappa shape index (κ2) is 6.96. The number of halogens is 1. The second-order valence-electron chi connectivity index (χ2n) is 5.51. The molecule has 6 nitrogen and oxygen atoms in total. The third-order valence-corrected chi connectivity index (χ3v) is 3.89. The van der Waals surface area contributed by atoms with Gasteiger partial charge in [0.1, 0.15) is 5.78 Å². The molecule has 1 heterocycles. The zero-order valence-electron chi connectivity index (χ0n) is 12.6. The Hall–Kier alpha value is -1.82. The lowest BCUT2D eigenvalue weighted by atomic mass is 10.1. The Labute approximate surface area is 133 Å². The molecule has 22 heavy (non-hydrogen) atoms. The molecule has 1 saturated carbocycles. The van der Waals surface area contributed by atoms with E-state index in [2.05, 4.69) is 9.97 Å². The Morgan fingerprint density at radius 2 is 1.91 bits per heavy atom. The largest absolute Gasteiger partial charge is 0.299 e. The summed E-state index contributed by atoms with van der Waals surface area (Å²) in [4.78, 5) is 45.0. The molecule has 0 unspecified atom stereocenters. The first-order valence-corrected chi connectivity index (χ1v) is 7.63. The lowest BCUT2D eigenvalue weighted by Crippen LogP contribution is -2.41. The second-order valence-corrected chi connectivity index (χ2v) is 5.85. The van der Waals surface area contributed by atoms with Crippen molar-refractivity contribution in [3.8, 4) is 0 Å². The van der Waals surface area contributed by atoms with Gasteiger partial charge in [0.2, 0.25) is 11.2 Å². The number of nitrogens with zero attached hydrogens (tertiary/aromatic N) is 3. The number of hydrogen-bond acceptors (Lipinski definition) is 5. The van der Waals surface area contributed by atoms with Crippen molar-refractivity contribution in [2.45, 2.75) is 52.0 Å². The molecule has 0 N–H and O–H groups in total. The zero-order chi connectivity index (χ0) is 16.3. The number of rotatable bonds is 5. The van der Waals surface area contributed by atoms with Crippen LogP contribution in [0.4, 0.5) is 5.82 Å². The smallest absolute Gasteiger partial charge is 0.235 e. The number of ketones is 2. The predicted molar refractivity (Wildman–Crippen MR) is 82.1 cm³/mol. The van der Waals surface area contributed by atoms with Gasteiger partial charge in [-0.1, -0.05) is 12.8 Å². The molecule has 7 heteroatoms. The number of anilines is 1. The van der Waals surface area contributed by atoms with Crippen molar-refractivity contribution in [2.24, 2.45) is 0 Å². The maximum absolute atomic E-state index is 12.5. The van der Waals surface area contributed by atoms with E-state index in [1.165, 1.54) is 24.9 Å². The molecule has 2 rings (SSSR count). The van der Waals surface area contributed by atoms with Crippen molar-refractivity contribution in [1.29, 1.82) is 0 Å². The van der Waals surface area contributed by atoms with Crippen LogP contribution < -0.4 is 4.90 Å². The SMILES string of the molecule is CC(=O)CC(=O)N(c1nc(Cl)ncc1C(C)=O)C1CCCC1. The number of carbonyl (C=O) groups is 3. The molecule has 0 aliphatic heterocycles. The van der Waals surface area contributed by atoms with E-state index in [1.54, 1.807) is 0 Å². The van der Waals surface area contributed by atoms with Crippen molar-refractivity contribution in [1.82, 2.24) is 9.97 Å². The van der Waals surface area contributed by atoms with Crippen LogP contribution in [0.5, 0.6) is 0 Å². The van der Waals surface area contributed by atoms with Gasteiger partial charge in [0.15, 0.2) is 11.6 Å². The summed E-state index contributed by atoms with van der Waals surface area (Å²) in [7, 11) is 0. The summed E-state index contributed by atoms with van der Waals surface area (Å²) in [6.07, 6.45) is 4.77. The molecular weight excluding hydrogens is 306 g/mol. The molecule has 0 spiro atoms. The quantitative estimate of drug-likeness (QED) is 0.472. The van der Waals surface area contributed by atoms with Gasteiger partial charge >= 0.3 is 0 Å². The van der Waals surface area contributed by atoms with Gasteiger partial charge in [0, 0.05) is 12.2 Å². The van der Waals surface area contributed by atoms with E-state index in [4.69, 9.17) is 11.6 Å². The van der Waals surface area contributed by atoms with Crippen LogP contribution in [-0.2, 0) is 9.59 Å². The van der Waals surface area contributed by atoms with Gasteiger partial charge in [-0.25, -0.2) is 4.98 Å². The van der Waals surface area contributed by atoms with Gasteiger partial charge in [-0.05, 0) is 38.3 Å². The van der Waals surface area contributed by atoms with Gasteiger partial charge in [0.25, 0.3) is 0 Å². The minimum absolute atomic E-state index is 0.0291. The Kier molecular flexibility index (Phi) is 5.24. The van der Waals surface area contributed by atoms with Crippen molar-refractivity contribution < 1.29 is 14.4 Å². The highest BCUT2D eigenvalue weighted by atomic mass is 35.5. The van der Waals surface area contributed by atoms with Gasteiger partial charge in [-0.3, -0.25) is 19.3 Å². The van der Waals surface area contributed by atoms with E-state index in [-0.39, 0.29) is 46.6 Å². The van der Waals surface area contributed by atoms with E-state index in [0.29, 0.717) is 0 Å². The summed E-state index contributed by atoms with van der Waals surface area (Å²) in [6.45, 7) is 2.75. The molecule has 1 aromatic heterocycles. The topological polar surface area (TPSA) is 80.2 Å². The average molecular weight is 324 g/mol. The Bertz CT molecular complexity index is 612. The summed E-state index contributed by atoms with van der Waals surface area (Å²) in [6, 6.07) is -0.0593. The summed E-state index contributed by atoms with van der Waals surface area (Å²) in [5.74, 6) is -0.606. The fourth-order valence-corrected chi connectivity index (χ4v) is 2.87. The molecule has 0 saturated heterocycles. The van der Waals surface area contributed by atoms with Crippen LogP contribution in [0.25, 0.3) is 0 Å². The number of aromatic nitrogens is 2. The number of amides is 1. The van der Waals surface area contributed by atoms with E-state index < -0.39 is 0 Å². The lowest BCUT2D eigenvalue weighted by molar-refractivity contribution is -0.125. The van der Waals surface area contributed by atoms with Crippen LogP contribution in [0.15, 0.2) is 6.20 Å². The number of Topliss-reactive ketones (excluding diaryl/α,β-unsaturated/α-hetero) is 2. The van der Waals surface area contributed by atoms with Crippen LogP contribution >= 0.6 is 11.6 Å². The van der Waals surface area contributed by atoms with Crippen LogP contribution in [0, 0.1) is 0 Å². The predicted octanol–water partition coefficient (Wildman–Crippen LogP) is 2.59. The molecular formula is C15H18ClN3O3. The minimum Gasteiger partial charge on any atom is -0.299 e. The standard InChI is InChI=1S/C15H18ClN3O3/c1-9(20)7-13(22)19(11-5-3-4-6-11)14-12(10(2)21)8-17-15(16)18-14/h8,11H,3-7H2,1-2H3. The van der Waals surface area contributed by atoms with Gasteiger partial charge in [0.05, 0.1) is 12.0 Å². The first kappa shape index (κ1) is 16.5. The first-order valence-electron chi connectivity index (χ1n) is 7.25. The fourth-order valence-electron chi connectivity index (χ4n) is 2.74. The number of carbonyl (C=O) groups excluding carboxylic acids is 3. The molecule has 1 aliphatic rings.